The van der Waals surface area contributed by atoms with E-state index >= 15 is 0 Å². The zero-order valence-corrected chi connectivity index (χ0v) is 7.88. The summed E-state index contributed by atoms with van der Waals surface area (Å²) < 4.78 is 5.28. The molecule has 66 valence electrons. The Labute approximate surface area is 82.6 Å². The van der Waals surface area contributed by atoms with Crippen LogP contribution >= 0.6 is 12.2 Å². The van der Waals surface area contributed by atoms with E-state index < -0.39 is 0 Å². The van der Waals surface area contributed by atoms with Crippen LogP contribution in [0.3, 0.4) is 0 Å². The van der Waals surface area contributed by atoms with Gasteiger partial charge >= 0.3 is 0 Å². The summed E-state index contributed by atoms with van der Waals surface area (Å²) in [5.41, 5.74) is 0.779. The second-order valence-corrected chi connectivity index (χ2v) is 2.48. The van der Waals surface area contributed by atoms with E-state index in [9.17, 15) is 0 Å². The first-order valence-electron chi connectivity index (χ1n) is 3.78. The van der Waals surface area contributed by atoms with Crippen molar-refractivity contribution in [3.05, 3.63) is 36.9 Å². The van der Waals surface area contributed by atoms with Crippen LogP contribution in [0.4, 0.5) is 5.69 Å². The molecule has 0 saturated carbocycles. The van der Waals surface area contributed by atoms with Gasteiger partial charge in [0.2, 0.25) is 0 Å². The van der Waals surface area contributed by atoms with Crippen LogP contribution in [0.1, 0.15) is 0 Å². The van der Waals surface area contributed by atoms with Gasteiger partial charge in [-0.2, -0.15) is 4.99 Å². The Morgan fingerprint density at radius 1 is 1.46 bits per heavy atom. The highest BCUT2D eigenvalue weighted by Gasteiger charge is 1.91. The SMILES string of the molecule is C=CCOc1ccc(N=C=S)cc1. The van der Waals surface area contributed by atoms with Crippen LogP contribution in [0.2, 0.25) is 0 Å². The zero-order valence-electron chi connectivity index (χ0n) is 7.06. The van der Waals surface area contributed by atoms with Gasteiger partial charge in [0, 0.05) is 0 Å². The molecule has 0 amide bonds. The maximum atomic E-state index is 5.28. The molecule has 0 fully saturated rings. The second-order valence-electron chi connectivity index (χ2n) is 2.30. The van der Waals surface area contributed by atoms with Crippen LogP contribution in [0.5, 0.6) is 5.75 Å². The molecule has 0 spiro atoms. The number of hydrogen-bond acceptors (Lipinski definition) is 3. The third-order valence-electron chi connectivity index (χ3n) is 1.38. The highest BCUT2D eigenvalue weighted by molar-refractivity contribution is 7.78. The molecule has 0 aliphatic carbocycles. The van der Waals surface area contributed by atoms with Gasteiger partial charge < -0.3 is 4.74 Å². The molecule has 0 unspecified atom stereocenters. The smallest absolute Gasteiger partial charge is 0.119 e. The van der Waals surface area contributed by atoms with E-state index in [1.54, 1.807) is 6.08 Å². The lowest BCUT2D eigenvalue weighted by atomic mass is 10.3. The van der Waals surface area contributed by atoms with E-state index in [2.05, 4.69) is 29.0 Å². The fourth-order valence-electron chi connectivity index (χ4n) is 0.825. The summed E-state index contributed by atoms with van der Waals surface area (Å²) in [6.45, 7) is 4.07. The average molecular weight is 191 g/mol. The van der Waals surface area contributed by atoms with Crippen LogP contribution in [0.15, 0.2) is 41.9 Å². The monoisotopic (exact) mass is 191 g/mol. The molecule has 1 aromatic rings. The molecule has 2 nitrogen and oxygen atoms in total. The summed E-state index contributed by atoms with van der Waals surface area (Å²) in [4.78, 5) is 3.82. The number of benzene rings is 1. The molecule has 13 heavy (non-hydrogen) atoms. The van der Waals surface area contributed by atoms with E-state index in [-0.39, 0.29) is 0 Å². The van der Waals surface area contributed by atoms with Crippen molar-refractivity contribution in [1.82, 2.24) is 0 Å². The highest BCUT2D eigenvalue weighted by atomic mass is 32.1. The summed E-state index contributed by atoms with van der Waals surface area (Å²) in [5, 5.41) is 2.30. The van der Waals surface area contributed by atoms with Gasteiger partial charge in [-0.25, -0.2) is 0 Å². The lowest BCUT2D eigenvalue weighted by molar-refractivity contribution is 0.363. The molecule has 0 N–H and O–H groups in total. The van der Waals surface area contributed by atoms with E-state index in [4.69, 9.17) is 4.74 Å². The second kappa shape index (κ2) is 5.25. The van der Waals surface area contributed by atoms with Crippen LogP contribution in [-0.4, -0.2) is 11.8 Å². The highest BCUT2D eigenvalue weighted by Crippen LogP contribution is 2.17. The number of hydrogen-bond donors (Lipinski definition) is 0. The Morgan fingerprint density at radius 3 is 2.69 bits per heavy atom. The van der Waals surface area contributed by atoms with Crippen molar-refractivity contribution >= 4 is 23.1 Å². The van der Waals surface area contributed by atoms with Crippen LogP contribution in [0, 0.1) is 0 Å². The first-order valence-corrected chi connectivity index (χ1v) is 4.19. The molecule has 0 atom stereocenters. The minimum absolute atomic E-state index is 0.510. The van der Waals surface area contributed by atoms with Gasteiger partial charge in [0.25, 0.3) is 0 Å². The zero-order chi connectivity index (χ0) is 9.52. The Hall–Kier alpha value is -1.44. The molecular weight excluding hydrogens is 182 g/mol. The first kappa shape index (κ1) is 9.65. The van der Waals surface area contributed by atoms with Crippen molar-refractivity contribution in [2.24, 2.45) is 4.99 Å². The Kier molecular flexibility index (Phi) is 3.89. The van der Waals surface area contributed by atoms with Gasteiger partial charge in [0.15, 0.2) is 0 Å². The van der Waals surface area contributed by atoms with Gasteiger partial charge in [-0.3, -0.25) is 0 Å². The Bertz CT molecular complexity index is 325. The molecule has 3 heteroatoms. The lowest BCUT2D eigenvalue weighted by Crippen LogP contribution is -1.91. The van der Waals surface area contributed by atoms with E-state index in [1.165, 1.54) is 0 Å². The Balaban J connectivity index is 2.68. The minimum Gasteiger partial charge on any atom is -0.490 e. The van der Waals surface area contributed by atoms with Crippen LogP contribution < -0.4 is 4.74 Å². The summed E-state index contributed by atoms with van der Waals surface area (Å²) in [5.74, 6) is 0.795. The molecule has 0 heterocycles. The number of rotatable bonds is 4. The van der Waals surface area contributed by atoms with Crippen molar-refractivity contribution in [1.29, 1.82) is 0 Å². The van der Waals surface area contributed by atoms with E-state index in [0.717, 1.165) is 11.4 Å². The molecule has 0 aliphatic rings. The van der Waals surface area contributed by atoms with Crippen molar-refractivity contribution in [3.63, 3.8) is 0 Å². The molecular formula is C10H9NOS. The topological polar surface area (TPSA) is 21.6 Å². The summed E-state index contributed by atoms with van der Waals surface area (Å²) >= 11 is 4.48. The molecule has 0 aliphatic heterocycles. The fourth-order valence-corrected chi connectivity index (χ4v) is 0.930. The number of isothiocyanates is 1. The largest absolute Gasteiger partial charge is 0.490 e. The average Bonchev–Trinajstić information content (AvgIpc) is 2.17. The van der Waals surface area contributed by atoms with Gasteiger partial charge in [0.05, 0.1) is 10.8 Å². The van der Waals surface area contributed by atoms with E-state index in [1.807, 2.05) is 24.3 Å². The molecule has 1 aromatic carbocycles. The molecule has 0 saturated heterocycles. The van der Waals surface area contributed by atoms with Crippen molar-refractivity contribution in [3.8, 4) is 5.75 Å². The molecule has 0 aromatic heterocycles. The standard InChI is InChI=1S/C10H9NOS/c1-2-7-12-10-5-3-9(4-6-10)11-8-13/h2-6H,1,7H2. The predicted octanol–water partition coefficient (Wildman–Crippen LogP) is 2.99. The van der Waals surface area contributed by atoms with Gasteiger partial charge in [0.1, 0.15) is 12.4 Å². The normalized spacial score (nSPS) is 8.62. The molecule has 0 radical (unpaired) electrons. The lowest BCUT2D eigenvalue weighted by Gasteiger charge is -2.01. The predicted molar refractivity (Wildman–Crippen MR) is 56.8 cm³/mol. The maximum absolute atomic E-state index is 5.28. The minimum atomic E-state index is 0.510. The van der Waals surface area contributed by atoms with Crippen LogP contribution in [0.25, 0.3) is 0 Å². The van der Waals surface area contributed by atoms with Gasteiger partial charge in [-0.05, 0) is 36.5 Å². The number of aliphatic imine (C=N–C) groups is 1. The summed E-state index contributed by atoms with van der Waals surface area (Å²) in [6, 6.07) is 7.29. The van der Waals surface area contributed by atoms with Crippen molar-refractivity contribution < 1.29 is 4.74 Å². The Morgan fingerprint density at radius 2 is 2.15 bits per heavy atom. The molecule has 0 bridgehead atoms. The quantitative estimate of drug-likeness (QED) is 0.414. The van der Waals surface area contributed by atoms with Gasteiger partial charge in [-0.1, -0.05) is 12.7 Å². The van der Waals surface area contributed by atoms with Crippen molar-refractivity contribution in [2.45, 2.75) is 0 Å². The molecule has 1 rings (SSSR count). The van der Waals surface area contributed by atoms with Gasteiger partial charge in [-0.15, -0.1) is 0 Å². The fraction of sp³-hybridized carbons (Fsp3) is 0.100. The van der Waals surface area contributed by atoms with Crippen LogP contribution in [-0.2, 0) is 0 Å². The summed E-state index contributed by atoms with van der Waals surface area (Å²) in [6.07, 6.45) is 1.70. The maximum Gasteiger partial charge on any atom is 0.119 e. The van der Waals surface area contributed by atoms with Crippen molar-refractivity contribution in [2.75, 3.05) is 6.61 Å². The van der Waals surface area contributed by atoms with E-state index in [0.29, 0.717) is 6.61 Å². The summed E-state index contributed by atoms with van der Waals surface area (Å²) in [7, 11) is 0. The third-order valence-corrected chi connectivity index (χ3v) is 1.47. The number of ether oxygens (including phenoxy) is 1. The number of thiocarbonyl (C=S) groups is 1. The first-order chi connectivity index (χ1) is 6.36. The third kappa shape index (κ3) is 3.20. The number of nitrogens with zero attached hydrogens (tertiary/aromatic N) is 1.